The Morgan fingerprint density at radius 1 is 1.40 bits per heavy atom. The Morgan fingerprint density at radius 3 is 2.75 bits per heavy atom. The lowest BCUT2D eigenvalue weighted by molar-refractivity contribution is -0.124. The van der Waals surface area contributed by atoms with Gasteiger partial charge in [0.2, 0.25) is 5.91 Å². The predicted molar refractivity (Wildman–Crippen MR) is 89.2 cm³/mol. The van der Waals surface area contributed by atoms with E-state index in [-0.39, 0.29) is 42.5 Å². The van der Waals surface area contributed by atoms with Crippen LogP contribution in [-0.2, 0) is 4.79 Å². The zero-order valence-corrected chi connectivity index (χ0v) is 14.2. The van der Waals surface area contributed by atoms with Crippen LogP contribution in [-0.4, -0.2) is 49.0 Å². The second-order valence-corrected chi connectivity index (χ2v) is 4.46. The molecule has 0 atom stereocenters. The van der Waals surface area contributed by atoms with Gasteiger partial charge in [0, 0.05) is 19.6 Å². The van der Waals surface area contributed by atoms with Crippen molar-refractivity contribution in [1.29, 1.82) is 0 Å². The van der Waals surface area contributed by atoms with Gasteiger partial charge in [0.25, 0.3) is 0 Å². The third-order valence-electron chi connectivity index (χ3n) is 2.87. The molecule has 0 aliphatic carbocycles. The highest BCUT2D eigenvalue weighted by molar-refractivity contribution is 14.0. The van der Waals surface area contributed by atoms with Crippen LogP contribution in [0.1, 0.15) is 32.6 Å². The molecule has 0 unspecified atom stereocenters. The highest BCUT2D eigenvalue weighted by atomic mass is 127. The number of aliphatic imine (C=N–C) groups is 1. The molecule has 0 aromatic heterocycles. The Labute approximate surface area is 136 Å². The zero-order chi connectivity index (χ0) is 14.1. The van der Waals surface area contributed by atoms with Crippen molar-refractivity contribution in [3.8, 4) is 0 Å². The number of carbonyl (C=O) groups is 2. The SMILES string of the molecule is CCCCCCN=C(N)NCCN1C(=O)CNC1=O.I. The summed E-state index contributed by atoms with van der Waals surface area (Å²) in [6.07, 6.45) is 4.61. The molecule has 0 aromatic carbocycles. The maximum Gasteiger partial charge on any atom is 0.324 e. The molecule has 4 N–H and O–H groups in total. The largest absolute Gasteiger partial charge is 0.370 e. The summed E-state index contributed by atoms with van der Waals surface area (Å²) in [5.41, 5.74) is 5.68. The van der Waals surface area contributed by atoms with Crippen LogP contribution in [0.4, 0.5) is 4.79 Å². The summed E-state index contributed by atoms with van der Waals surface area (Å²) in [5.74, 6) is 0.158. The minimum Gasteiger partial charge on any atom is -0.370 e. The summed E-state index contributed by atoms with van der Waals surface area (Å²) >= 11 is 0. The van der Waals surface area contributed by atoms with E-state index in [1.165, 1.54) is 17.7 Å². The third kappa shape index (κ3) is 6.92. The first-order chi connectivity index (χ1) is 9.15. The van der Waals surface area contributed by atoms with Crippen LogP contribution in [0.15, 0.2) is 4.99 Å². The number of hydrogen-bond donors (Lipinski definition) is 3. The van der Waals surface area contributed by atoms with Crippen LogP contribution < -0.4 is 16.4 Å². The number of nitrogens with two attached hydrogens (primary N) is 1. The van der Waals surface area contributed by atoms with E-state index in [0.29, 0.717) is 25.6 Å². The third-order valence-corrected chi connectivity index (χ3v) is 2.87. The Kier molecular flexibility index (Phi) is 10.1. The average Bonchev–Trinajstić information content (AvgIpc) is 2.70. The van der Waals surface area contributed by atoms with Gasteiger partial charge in [-0.05, 0) is 6.42 Å². The summed E-state index contributed by atoms with van der Waals surface area (Å²) in [4.78, 5) is 27.9. The molecule has 7 nitrogen and oxygen atoms in total. The molecule has 1 aliphatic heterocycles. The van der Waals surface area contributed by atoms with E-state index in [1.54, 1.807) is 0 Å². The molecule has 0 radical (unpaired) electrons. The van der Waals surface area contributed by atoms with Crippen molar-refractivity contribution in [2.75, 3.05) is 26.2 Å². The van der Waals surface area contributed by atoms with E-state index in [4.69, 9.17) is 5.73 Å². The van der Waals surface area contributed by atoms with Gasteiger partial charge in [0.05, 0.1) is 6.54 Å². The number of imide groups is 1. The summed E-state index contributed by atoms with van der Waals surface area (Å²) in [7, 11) is 0. The number of nitrogens with zero attached hydrogens (tertiary/aromatic N) is 2. The Hall–Kier alpha value is -1.06. The summed E-state index contributed by atoms with van der Waals surface area (Å²) in [6.45, 7) is 3.68. The van der Waals surface area contributed by atoms with Crippen LogP contribution in [0.3, 0.4) is 0 Å². The van der Waals surface area contributed by atoms with Gasteiger partial charge in [-0.2, -0.15) is 0 Å². The second kappa shape index (κ2) is 10.7. The molecule has 1 saturated heterocycles. The molecule has 3 amide bonds. The Bertz CT molecular complexity index is 333. The fourth-order valence-corrected chi connectivity index (χ4v) is 1.77. The van der Waals surface area contributed by atoms with Crippen LogP contribution in [0, 0.1) is 0 Å². The van der Waals surface area contributed by atoms with Gasteiger partial charge in [-0.3, -0.25) is 14.7 Å². The molecule has 1 rings (SSSR count). The highest BCUT2D eigenvalue weighted by Gasteiger charge is 2.27. The number of guanidine groups is 1. The lowest BCUT2D eigenvalue weighted by Gasteiger charge is -2.12. The molecule has 0 aromatic rings. The molecule has 0 spiro atoms. The topological polar surface area (TPSA) is 99.8 Å². The van der Waals surface area contributed by atoms with Crippen LogP contribution in [0.25, 0.3) is 0 Å². The zero-order valence-electron chi connectivity index (χ0n) is 11.9. The van der Waals surface area contributed by atoms with Crippen molar-refractivity contribution >= 4 is 41.9 Å². The van der Waals surface area contributed by atoms with Crippen molar-refractivity contribution in [3.63, 3.8) is 0 Å². The molecular formula is C12H24IN5O2. The average molecular weight is 397 g/mol. The minimum absolute atomic E-state index is 0. The lowest BCUT2D eigenvalue weighted by Crippen LogP contribution is -2.41. The van der Waals surface area contributed by atoms with Gasteiger partial charge in [-0.25, -0.2) is 4.79 Å². The van der Waals surface area contributed by atoms with Crippen molar-refractivity contribution in [3.05, 3.63) is 0 Å². The molecule has 1 fully saturated rings. The van der Waals surface area contributed by atoms with E-state index in [0.717, 1.165) is 12.8 Å². The molecule has 0 bridgehead atoms. The monoisotopic (exact) mass is 397 g/mol. The number of rotatable bonds is 8. The molecular weight excluding hydrogens is 373 g/mol. The summed E-state index contributed by atoms with van der Waals surface area (Å²) in [6, 6.07) is -0.345. The van der Waals surface area contributed by atoms with Gasteiger partial charge < -0.3 is 16.4 Å². The second-order valence-electron chi connectivity index (χ2n) is 4.46. The Balaban J connectivity index is 0.00000361. The highest BCUT2D eigenvalue weighted by Crippen LogP contribution is 1.98. The van der Waals surface area contributed by atoms with Gasteiger partial charge in [0.1, 0.15) is 0 Å². The van der Waals surface area contributed by atoms with E-state index in [1.807, 2.05) is 0 Å². The molecule has 0 saturated carbocycles. The number of nitrogens with one attached hydrogen (secondary N) is 2. The van der Waals surface area contributed by atoms with Crippen molar-refractivity contribution in [2.24, 2.45) is 10.7 Å². The van der Waals surface area contributed by atoms with Crippen LogP contribution in [0.5, 0.6) is 0 Å². The first-order valence-corrected chi connectivity index (χ1v) is 6.77. The van der Waals surface area contributed by atoms with Crippen molar-refractivity contribution in [2.45, 2.75) is 32.6 Å². The van der Waals surface area contributed by atoms with Gasteiger partial charge in [-0.15, -0.1) is 24.0 Å². The minimum atomic E-state index is -0.345. The number of urea groups is 1. The maximum absolute atomic E-state index is 11.3. The molecule has 20 heavy (non-hydrogen) atoms. The van der Waals surface area contributed by atoms with Gasteiger partial charge in [0.15, 0.2) is 5.96 Å². The van der Waals surface area contributed by atoms with E-state index < -0.39 is 0 Å². The van der Waals surface area contributed by atoms with E-state index in [9.17, 15) is 9.59 Å². The van der Waals surface area contributed by atoms with Crippen LogP contribution >= 0.6 is 24.0 Å². The maximum atomic E-state index is 11.3. The number of unbranched alkanes of at least 4 members (excludes halogenated alkanes) is 3. The van der Waals surface area contributed by atoms with E-state index >= 15 is 0 Å². The molecule has 1 aliphatic rings. The quantitative estimate of drug-likeness (QED) is 0.184. The van der Waals surface area contributed by atoms with Crippen molar-refractivity contribution in [1.82, 2.24) is 15.5 Å². The fourth-order valence-electron chi connectivity index (χ4n) is 1.77. The van der Waals surface area contributed by atoms with Crippen LogP contribution in [0.2, 0.25) is 0 Å². The summed E-state index contributed by atoms with van der Waals surface area (Å²) < 4.78 is 0. The van der Waals surface area contributed by atoms with Crippen molar-refractivity contribution < 1.29 is 9.59 Å². The van der Waals surface area contributed by atoms with Gasteiger partial charge >= 0.3 is 6.03 Å². The van der Waals surface area contributed by atoms with E-state index in [2.05, 4.69) is 22.5 Å². The normalized spacial score (nSPS) is 15.1. The first kappa shape index (κ1) is 18.9. The number of carbonyl (C=O) groups excluding carboxylic acids is 2. The smallest absolute Gasteiger partial charge is 0.324 e. The molecule has 1 heterocycles. The lowest BCUT2D eigenvalue weighted by atomic mass is 10.2. The van der Waals surface area contributed by atoms with Gasteiger partial charge in [-0.1, -0.05) is 26.2 Å². The first-order valence-electron chi connectivity index (χ1n) is 6.77. The molecule has 116 valence electrons. The summed E-state index contributed by atoms with van der Waals surface area (Å²) in [5, 5.41) is 5.35. The Morgan fingerprint density at radius 2 is 2.15 bits per heavy atom. The fraction of sp³-hybridized carbons (Fsp3) is 0.750. The standard InChI is InChI=1S/C12H23N5O2.HI/c1-2-3-4-5-6-14-11(13)15-7-8-17-10(18)9-16-12(17)19;/h2-9H2,1H3,(H,16,19)(H3,13,14,15);1H. The predicted octanol–water partition coefficient (Wildman–Crippen LogP) is 0.641. The molecule has 8 heteroatoms. The number of amides is 3. The number of hydrogen-bond acceptors (Lipinski definition) is 3. The number of halogens is 1.